The van der Waals surface area contributed by atoms with Gasteiger partial charge in [-0.05, 0) is 37.1 Å². The van der Waals surface area contributed by atoms with Crippen LogP contribution in [0.25, 0.3) is 0 Å². The molecule has 0 radical (unpaired) electrons. The van der Waals surface area contributed by atoms with Crippen molar-refractivity contribution >= 4 is 15.9 Å². The first-order chi connectivity index (χ1) is 9.07. The highest BCUT2D eigenvalue weighted by atomic mass is 32.2. The van der Waals surface area contributed by atoms with E-state index in [9.17, 15) is 8.42 Å². The van der Waals surface area contributed by atoms with Crippen molar-refractivity contribution in [2.75, 3.05) is 17.8 Å². The molecule has 0 fully saturated rings. The second kappa shape index (κ2) is 8.14. The third-order valence-corrected chi connectivity index (χ3v) is 3.57. The maximum atomic E-state index is 11.7. The van der Waals surface area contributed by atoms with Gasteiger partial charge in [-0.25, -0.2) is 0 Å². The lowest BCUT2D eigenvalue weighted by Crippen LogP contribution is -2.30. The summed E-state index contributed by atoms with van der Waals surface area (Å²) >= 11 is 0. The molecular weight excluding hydrogens is 262 g/mol. The zero-order valence-electron chi connectivity index (χ0n) is 11.6. The van der Waals surface area contributed by atoms with Gasteiger partial charge in [-0.2, -0.15) is 13.1 Å². The van der Waals surface area contributed by atoms with Crippen LogP contribution in [0.5, 0.6) is 0 Å². The van der Waals surface area contributed by atoms with Crippen LogP contribution in [0.4, 0.5) is 5.69 Å². The van der Waals surface area contributed by atoms with E-state index in [4.69, 9.17) is 0 Å². The molecule has 0 aliphatic rings. The molecule has 0 heterocycles. The number of anilines is 1. The second-order valence-corrected chi connectivity index (χ2v) is 5.88. The second-order valence-electron chi connectivity index (χ2n) is 4.38. The Kier molecular flexibility index (Phi) is 6.83. The summed E-state index contributed by atoms with van der Waals surface area (Å²) in [4.78, 5) is 0. The quantitative estimate of drug-likeness (QED) is 0.606. The number of rotatable bonds is 9. The van der Waals surface area contributed by atoms with Gasteiger partial charge < -0.3 is 5.32 Å². The Morgan fingerprint density at radius 1 is 1.11 bits per heavy atom. The Bertz CT molecular complexity index is 475. The molecule has 1 aromatic carbocycles. The van der Waals surface area contributed by atoms with Crippen LogP contribution in [0.2, 0.25) is 0 Å². The summed E-state index contributed by atoms with van der Waals surface area (Å²) in [6, 6.07) is 7.41. The Morgan fingerprint density at radius 2 is 1.84 bits per heavy atom. The summed E-state index contributed by atoms with van der Waals surface area (Å²) in [6.07, 6.45) is 1.84. The van der Waals surface area contributed by atoms with Gasteiger partial charge in [0.1, 0.15) is 0 Å². The SMILES string of the molecule is CCCNCc1cccc(NS(=O)(=O)NCCC)c1. The molecule has 3 N–H and O–H groups in total. The molecule has 0 aromatic heterocycles. The molecule has 1 rings (SSSR count). The smallest absolute Gasteiger partial charge is 0.299 e. The van der Waals surface area contributed by atoms with Crippen LogP contribution >= 0.6 is 0 Å². The largest absolute Gasteiger partial charge is 0.313 e. The lowest BCUT2D eigenvalue weighted by molar-refractivity contribution is 0.586. The van der Waals surface area contributed by atoms with Crippen LogP contribution in [0.1, 0.15) is 32.3 Å². The van der Waals surface area contributed by atoms with Gasteiger partial charge in [-0.3, -0.25) is 4.72 Å². The molecule has 0 saturated carbocycles. The van der Waals surface area contributed by atoms with Crippen LogP contribution in [0.15, 0.2) is 24.3 Å². The monoisotopic (exact) mass is 285 g/mol. The Morgan fingerprint density at radius 3 is 2.53 bits per heavy atom. The van der Waals surface area contributed by atoms with Gasteiger partial charge in [-0.15, -0.1) is 0 Å². The van der Waals surface area contributed by atoms with E-state index < -0.39 is 10.2 Å². The average molecular weight is 285 g/mol. The Balaban J connectivity index is 2.61. The maximum absolute atomic E-state index is 11.7. The van der Waals surface area contributed by atoms with Crippen molar-refractivity contribution in [2.45, 2.75) is 33.2 Å². The first kappa shape index (κ1) is 15.9. The molecule has 1 aromatic rings. The van der Waals surface area contributed by atoms with Crippen molar-refractivity contribution in [1.82, 2.24) is 10.0 Å². The fraction of sp³-hybridized carbons (Fsp3) is 0.538. The van der Waals surface area contributed by atoms with Crippen LogP contribution in [0, 0.1) is 0 Å². The van der Waals surface area contributed by atoms with Crippen molar-refractivity contribution in [3.8, 4) is 0 Å². The van der Waals surface area contributed by atoms with E-state index in [2.05, 4.69) is 21.7 Å². The molecule has 19 heavy (non-hydrogen) atoms. The van der Waals surface area contributed by atoms with E-state index in [1.54, 1.807) is 6.07 Å². The molecule has 0 saturated heterocycles. The van der Waals surface area contributed by atoms with Gasteiger partial charge in [-0.1, -0.05) is 26.0 Å². The number of hydrogen-bond donors (Lipinski definition) is 3. The summed E-state index contributed by atoms with van der Waals surface area (Å²) in [6.45, 7) is 6.16. The van der Waals surface area contributed by atoms with E-state index >= 15 is 0 Å². The third-order valence-electron chi connectivity index (χ3n) is 2.48. The molecule has 0 unspecified atom stereocenters. The fourth-order valence-corrected chi connectivity index (χ4v) is 2.56. The van der Waals surface area contributed by atoms with E-state index in [-0.39, 0.29) is 0 Å². The number of benzene rings is 1. The van der Waals surface area contributed by atoms with E-state index in [0.29, 0.717) is 12.2 Å². The summed E-state index contributed by atoms with van der Waals surface area (Å²) in [5.41, 5.74) is 1.64. The number of nitrogens with one attached hydrogen (secondary N) is 3. The van der Waals surface area contributed by atoms with Crippen LogP contribution in [-0.2, 0) is 16.8 Å². The minimum Gasteiger partial charge on any atom is -0.313 e. The molecular formula is C13H23N3O2S. The molecule has 0 aliphatic carbocycles. The summed E-state index contributed by atoms with van der Waals surface area (Å²) < 4.78 is 28.4. The van der Waals surface area contributed by atoms with Crippen molar-refractivity contribution in [3.05, 3.63) is 29.8 Å². The lowest BCUT2D eigenvalue weighted by Gasteiger charge is -2.10. The van der Waals surface area contributed by atoms with Crippen LogP contribution in [-0.4, -0.2) is 21.5 Å². The molecule has 0 bridgehead atoms. The van der Waals surface area contributed by atoms with E-state index in [1.165, 1.54) is 0 Å². The molecule has 6 heteroatoms. The van der Waals surface area contributed by atoms with Crippen molar-refractivity contribution < 1.29 is 8.42 Å². The summed E-state index contributed by atoms with van der Waals surface area (Å²) in [7, 11) is -3.46. The van der Waals surface area contributed by atoms with Crippen LogP contribution < -0.4 is 14.8 Å². The summed E-state index contributed by atoms with van der Waals surface area (Å²) in [5.74, 6) is 0. The third kappa shape index (κ3) is 6.56. The van der Waals surface area contributed by atoms with Crippen molar-refractivity contribution in [2.24, 2.45) is 0 Å². The number of hydrogen-bond acceptors (Lipinski definition) is 3. The zero-order valence-corrected chi connectivity index (χ0v) is 12.4. The summed E-state index contributed by atoms with van der Waals surface area (Å²) in [5, 5.41) is 3.28. The first-order valence-electron chi connectivity index (χ1n) is 6.64. The molecule has 0 atom stereocenters. The van der Waals surface area contributed by atoms with Gasteiger partial charge in [0.2, 0.25) is 0 Å². The lowest BCUT2D eigenvalue weighted by atomic mass is 10.2. The van der Waals surface area contributed by atoms with Gasteiger partial charge in [0.25, 0.3) is 10.2 Å². The van der Waals surface area contributed by atoms with Crippen molar-refractivity contribution in [1.29, 1.82) is 0 Å². The zero-order chi connectivity index (χ0) is 14.1. The highest BCUT2D eigenvalue weighted by Crippen LogP contribution is 2.11. The van der Waals surface area contributed by atoms with Crippen LogP contribution in [0.3, 0.4) is 0 Å². The highest BCUT2D eigenvalue weighted by molar-refractivity contribution is 7.90. The van der Waals surface area contributed by atoms with E-state index in [0.717, 1.165) is 31.5 Å². The maximum Gasteiger partial charge on any atom is 0.299 e. The molecule has 108 valence electrons. The van der Waals surface area contributed by atoms with Gasteiger partial charge in [0.15, 0.2) is 0 Å². The Labute approximate surface area is 116 Å². The predicted molar refractivity (Wildman–Crippen MR) is 79.3 cm³/mol. The molecule has 0 amide bonds. The standard InChI is InChI=1S/C13H23N3O2S/c1-3-8-14-11-12-6-5-7-13(10-12)16-19(17,18)15-9-4-2/h5-7,10,14-16H,3-4,8-9,11H2,1-2H3. The average Bonchev–Trinajstić information content (AvgIpc) is 2.37. The minimum atomic E-state index is -3.46. The molecule has 5 nitrogen and oxygen atoms in total. The first-order valence-corrected chi connectivity index (χ1v) is 8.12. The predicted octanol–water partition coefficient (Wildman–Crippen LogP) is 1.84. The normalized spacial score (nSPS) is 11.5. The minimum absolute atomic E-state index is 0.438. The fourth-order valence-electron chi connectivity index (χ4n) is 1.58. The molecule has 0 aliphatic heterocycles. The highest BCUT2D eigenvalue weighted by Gasteiger charge is 2.08. The van der Waals surface area contributed by atoms with Crippen molar-refractivity contribution in [3.63, 3.8) is 0 Å². The van der Waals surface area contributed by atoms with E-state index in [1.807, 2.05) is 25.1 Å². The topological polar surface area (TPSA) is 70.2 Å². The van der Waals surface area contributed by atoms with Gasteiger partial charge in [0, 0.05) is 13.1 Å². The van der Waals surface area contributed by atoms with Gasteiger partial charge >= 0.3 is 0 Å². The Hall–Kier alpha value is -1.11. The molecule has 0 spiro atoms. The van der Waals surface area contributed by atoms with Gasteiger partial charge in [0.05, 0.1) is 5.69 Å².